The number of hydrogen-bond donors (Lipinski definition) is 3. The van der Waals surface area contributed by atoms with Gasteiger partial charge in [0.15, 0.2) is 0 Å². The van der Waals surface area contributed by atoms with Gasteiger partial charge in [-0.15, -0.1) is 0 Å². The van der Waals surface area contributed by atoms with Crippen LogP contribution in [0.15, 0.2) is 0 Å². The lowest BCUT2D eigenvalue weighted by Crippen LogP contribution is -2.59. The van der Waals surface area contributed by atoms with E-state index in [9.17, 15) is 0 Å². The first-order chi connectivity index (χ1) is 4.75. The number of hydrogen-bond acceptors (Lipinski definition) is 3. The van der Waals surface area contributed by atoms with Gasteiger partial charge in [0, 0.05) is 25.2 Å². The molecule has 1 aliphatic rings. The van der Waals surface area contributed by atoms with Gasteiger partial charge in [-0.3, -0.25) is 0 Å². The van der Waals surface area contributed by atoms with Crippen LogP contribution in [-0.2, 0) is 0 Å². The Morgan fingerprint density at radius 1 is 1.60 bits per heavy atom. The predicted molar refractivity (Wildman–Crippen MR) is 42.6 cm³/mol. The summed E-state index contributed by atoms with van der Waals surface area (Å²) in [6.45, 7) is 3.79. The third-order valence-corrected chi connectivity index (χ3v) is 2.30. The highest BCUT2D eigenvalue weighted by Gasteiger charge is 2.33. The minimum absolute atomic E-state index is 0.353. The smallest absolute Gasteiger partial charge is 0.0225 e. The molecule has 0 aromatic rings. The van der Waals surface area contributed by atoms with E-state index in [0.29, 0.717) is 24.5 Å². The first-order valence-electron chi connectivity index (χ1n) is 3.94. The Morgan fingerprint density at radius 2 is 2.30 bits per heavy atom. The Hall–Kier alpha value is -0.120. The Bertz CT molecular complexity index is 105. The van der Waals surface area contributed by atoms with E-state index in [1.165, 1.54) is 6.42 Å². The fourth-order valence-electron chi connectivity index (χ4n) is 1.40. The minimum Gasteiger partial charge on any atom is -0.329 e. The van der Waals surface area contributed by atoms with Crippen molar-refractivity contribution < 1.29 is 0 Å². The Morgan fingerprint density at radius 3 is 2.70 bits per heavy atom. The van der Waals surface area contributed by atoms with Crippen LogP contribution in [0.5, 0.6) is 0 Å². The number of rotatable bonds is 3. The Kier molecular flexibility index (Phi) is 2.65. The van der Waals surface area contributed by atoms with Gasteiger partial charge in [0.05, 0.1) is 0 Å². The zero-order valence-corrected chi connectivity index (χ0v) is 6.51. The molecule has 0 aliphatic heterocycles. The van der Waals surface area contributed by atoms with Gasteiger partial charge in [0.2, 0.25) is 0 Å². The van der Waals surface area contributed by atoms with Crippen molar-refractivity contribution in [3.63, 3.8) is 0 Å². The van der Waals surface area contributed by atoms with E-state index in [-0.39, 0.29) is 0 Å². The summed E-state index contributed by atoms with van der Waals surface area (Å²) in [6.07, 6.45) is 1.21. The van der Waals surface area contributed by atoms with Gasteiger partial charge in [-0.05, 0) is 12.3 Å². The minimum atomic E-state index is 0.353. The third kappa shape index (κ3) is 1.48. The van der Waals surface area contributed by atoms with Crippen molar-refractivity contribution in [2.45, 2.75) is 25.4 Å². The molecule has 0 spiro atoms. The average molecular weight is 143 g/mol. The van der Waals surface area contributed by atoms with E-state index in [2.05, 4.69) is 12.2 Å². The molecule has 1 aliphatic carbocycles. The highest BCUT2D eigenvalue weighted by Crippen LogP contribution is 2.24. The van der Waals surface area contributed by atoms with Crippen LogP contribution in [0.1, 0.15) is 13.3 Å². The van der Waals surface area contributed by atoms with E-state index in [1.54, 1.807) is 0 Å². The van der Waals surface area contributed by atoms with Gasteiger partial charge >= 0.3 is 0 Å². The summed E-state index contributed by atoms with van der Waals surface area (Å²) in [6, 6.07) is 0.880. The lowest BCUT2D eigenvalue weighted by molar-refractivity contribution is 0.194. The Balaban J connectivity index is 2.08. The molecular formula is C7H17N3. The van der Waals surface area contributed by atoms with Crippen LogP contribution in [0.2, 0.25) is 0 Å². The van der Waals surface area contributed by atoms with Crippen molar-refractivity contribution in [2.75, 3.05) is 13.1 Å². The van der Waals surface area contributed by atoms with E-state index >= 15 is 0 Å². The molecule has 0 bridgehead atoms. The second-order valence-electron chi connectivity index (χ2n) is 3.14. The summed E-state index contributed by atoms with van der Waals surface area (Å²) in [5.74, 6) is 0.690. The van der Waals surface area contributed by atoms with Crippen LogP contribution < -0.4 is 16.8 Å². The molecule has 1 fully saturated rings. The molecule has 5 N–H and O–H groups in total. The normalized spacial score (nSPS) is 39.3. The van der Waals surface area contributed by atoms with Crippen molar-refractivity contribution >= 4 is 0 Å². The second kappa shape index (κ2) is 3.32. The van der Waals surface area contributed by atoms with Crippen molar-refractivity contribution in [1.29, 1.82) is 0 Å². The first-order valence-corrected chi connectivity index (χ1v) is 3.94. The van der Waals surface area contributed by atoms with E-state index in [1.807, 2.05) is 0 Å². The van der Waals surface area contributed by atoms with Crippen LogP contribution in [0.25, 0.3) is 0 Å². The molecule has 1 rings (SSSR count). The van der Waals surface area contributed by atoms with Crippen molar-refractivity contribution in [3.05, 3.63) is 0 Å². The fraction of sp³-hybridized carbons (Fsp3) is 1.00. The molecule has 0 aromatic heterocycles. The molecule has 0 amide bonds. The van der Waals surface area contributed by atoms with Gasteiger partial charge in [-0.25, -0.2) is 0 Å². The summed E-state index contributed by atoms with van der Waals surface area (Å²) < 4.78 is 0. The zero-order valence-electron chi connectivity index (χ0n) is 6.51. The van der Waals surface area contributed by atoms with E-state index in [0.717, 1.165) is 6.54 Å². The highest BCUT2D eigenvalue weighted by atomic mass is 15.0. The second-order valence-corrected chi connectivity index (χ2v) is 3.14. The van der Waals surface area contributed by atoms with Crippen molar-refractivity contribution in [3.8, 4) is 0 Å². The molecule has 3 heteroatoms. The zero-order chi connectivity index (χ0) is 7.56. The van der Waals surface area contributed by atoms with Gasteiger partial charge in [-0.1, -0.05) is 6.92 Å². The summed E-state index contributed by atoms with van der Waals surface area (Å²) in [5.41, 5.74) is 11.1. The van der Waals surface area contributed by atoms with E-state index < -0.39 is 0 Å². The molecule has 1 saturated carbocycles. The standard InChI is InChI=1S/C7H17N3/c1-5-4-6(7(5)9)10-3-2-8/h5-7,10H,2-4,8-9H2,1H3. The summed E-state index contributed by atoms with van der Waals surface area (Å²) in [4.78, 5) is 0. The van der Waals surface area contributed by atoms with Gasteiger partial charge in [0.1, 0.15) is 0 Å². The molecular weight excluding hydrogens is 126 g/mol. The quantitative estimate of drug-likeness (QED) is 0.488. The summed E-state index contributed by atoms with van der Waals surface area (Å²) in [5, 5.41) is 3.30. The molecule has 60 valence electrons. The largest absolute Gasteiger partial charge is 0.329 e. The van der Waals surface area contributed by atoms with Crippen LogP contribution in [-0.4, -0.2) is 25.2 Å². The lowest BCUT2D eigenvalue weighted by Gasteiger charge is -2.41. The van der Waals surface area contributed by atoms with Gasteiger partial charge in [0.25, 0.3) is 0 Å². The SMILES string of the molecule is CC1CC(NCCN)C1N. The van der Waals surface area contributed by atoms with Crippen LogP contribution in [0.3, 0.4) is 0 Å². The first kappa shape index (κ1) is 7.98. The van der Waals surface area contributed by atoms with E-state index in [4.69, 9.17) is 11.5 Å². The number of nitrogens with two attached hydrogens (primary N) is 2. The third-order valence-electron chi connectivity index (χ3n) is 2.30. The van der Waals surface area contributed by atoms with Crippen LogP contribution in [0, 0.1) is 5.92 Å². The molecule has 10 heavy (non-hydrogen) atoms. The monoisotopic (exact) mass is 143 g/mol. The van der Waals surface area contributed by atoms with Crippen LogP contribution in [0.4, 0.5) is 0 Å². The fourth-order valence-corrected chi connectivity index (χ4v) is 1.40. The molecule has 0 aromatic carbocycles. The highest BCUT2D eigenvalue weighted by molar-refractivity contribution is 4.95. The lowest BCUT2D eigenvalue weighted by atomic mass is 9.77. The molecule has 0 radical (unpaired) electrons. The summed E-state index contributed by atoms with van der Waals surface area (Å²) >= 11 is 0. The molecule has 3 unspecified atom stereocenters. The molecule has 0 heterocycles. The topological polar surface area (TPSA) is 64.1 Å². The predicted octanol–water partition coefficient (Wildman–Crippen LogP) is -0.730. The van der Waals surface area contributed by atoms with Gasteiger partial charge < -0.3 is 16.8 Å². The maximum absolute atomic E-state index is 5.80. The number of nitrogens with one attached hydrogen (secondary N) is 1. The Labute approximate surface area is 62.2 Å². The maximum Gasteiger partial charge on any atom is 0.0225 e. The summed E-state index contributed by atoms with van der Waals surface area (Å²) in [7, 11) is 0. The molecule has 3 nitrogen and oxygen atoms in total. The molecule has 0 saturated heterocycles. The van der Waals surface area contributed by atoms with Crippen LogP contribution >= 0.6 is 0 Å². The van der Waals surface area contributed by atoms with Crippen molar-refractivity contribution in [1.82, 2.24) is 5.32 Å². The van der Waals surface area contributed by atoms with Gasteiger partial charge in [-0.2, -0.15) is 0 Å². The maximum atomic E-state index is 5.80. The van der Waals surface area contributed by atoms with Crippen molar-refractivity contribution in [2.24, 2.45) is 17.4 Å². The molecule has 3 atom stereocenters. The average Bonchev–Trinajstić information content (AvgIpc) is 1.97.